The zero-order chi connectivity index (χ0) is 13.7. The van der Waals surface area contributed by atoms with Crippen molar-refractivity contribution in [3.8, 4) is 6.07 Å². The van der Waals surface area contributed by atoms with E-state index in [4.69, 9.17) is 10.00 Å². The Morgan fingerprint density at radius 1 is 1.61 bits per heavy atom. The molecular weight excluding hydrogens is 304 g/mol. The molecule has 1 rings (SSSR count). The Hall–Kier alpha value is -1.94. The lowest BCUT2D eigenvalue weighted by atomic mass is 10.1. The second kappa shape index (κ2) is 6.12. The maximum absolute atomic E-state index is 11.4. The fourth-order valence-corrected chi connectivity index (χ4v) is 1.90. The van der Waals surface area contributed by atoms with Gasteiger partial charge in [-0.3, -0.25) is 14.9 Å². The molecule has 0 atom stereocenters. The van der Waals surface area contributed by atoms with E-state index in [9.17, 15) is 14.9 Å². The largest absolute Gasteiger partial charge is 0.466 e. The minimum Gasteiger partial charge on any atom is -0.466 e. The summed E-state index contributed by atoms with van der Waals surface area (Å²) in [5.41, 5.74) is -0.292. The minimum absolute atomic E-state index is 0.0810. The second-order valence-electron chi connectivity index (χ2n) is 3.27. The van der Waals surface area contributed by atoms with Gasteiger partial charge in [0.15, 0.2) is 0 Å². The van der Waals surface area contributed by atoms with Crippen molar-refractivity contribution in [2.75, 3.05) is 6.61 Å². The highest BCUT2D eigenvalue weighted by atomic mass is 79.9. The number of nitro benzene ring substituents is 1. The summed E-state index contributed by atoms with van der Waals surface area (Å²) in [6.07, 6.45) is -0.250. The van der Waals surface area contributed by atoms with Crippen LogP contribution in [-0.2, 0) is 16.0 Å². The van der Waals surface area contributed by atoms with Gasteiger partial charge in [0.2, 0.25) is 0 Å². The molecule has 1 aromatic carbocycles. The summed E-state index contributed by atoms with van der Waals surface area (Å²) >= 11 is 3.14. The van der Waals surface area contributed by atoms with Gasteiger partial charge < -0.3 is 4.74 Å². The van der Waals surface area contributed by atoms with Crippen molar-refractivity contribution in [1.82, 2.24) is 0 Å². The van der Waals surface area contributed by atoms with Crippen LogP contribution in [0.15, 0.2) is 16.6 Å². The highest BCUT2D eigenvalue weighted by Crippen LogP contribution is 2.30. The molecule has 94 valence electrons. The van der Waals surface area contributed by atoms with Gasteiger partial charge in [-0.05, 0) is 19.1 Å². The van der Waals surface area contributed by atoms with Gasteiger partial charge in [0, 0.05) is 4.47 Å². The number of halogens is 1. The van der Waals surface area contributed by atoms with Crippen molar-refractivity contribution < 1.29 is 14.5 Å². The fourth-order valence-electron chi connectivity index (χ4n) is 1.43. The van der Waals surface area contributed by atoms with Crippen molar-refractivity contribution in [1.29, 1.82) is 5.26 Å². The van der Waals surface area contributed by atoms with Crippen LogP contribution in [0.3, 0.4) is 0 Å². The van der Waals surface area contributed by atoms with Crippen LogP contribution in [0.25, 0.3) is 0 Å². The van der Waals surface area contributed by atoms with Crippen LogP contribution in [0.1, 0.15) is 18.1 Å². The number of nitro groups is 1. The average Bonchev–Trinajstić information content (AvgIpc) is 2.31. The number of hydrogen-bond donors (Lipinski definition) is 0. The van der Waals surface area contributed by atoms with Gasteiger partial charge in [-0.1, -0.05) is 15.9 Å². The maximum Gasteiger partial charge on any atom is 0.310 e. The van der Waals surface area contributed by atoms with E-state index in [1.807, 2.05) is 0 Å². The first kappa shape index (κ1) is 14.1. The molecule has 1 aromatic rings. The van der Waals surface area contributed by atoms with Crippen LogP contribution in [0, 0.1) is 21.4 Å². The molecule has 0 unspecified atom stereocenters. The van der Waals surface area contributed by atoms with E-state index in [0.717, 1.165) is 0 Å². The third-order valence-corrected chi connectivity index (χ3v) is 2.90. The lowest BCUT2D eigenvalue weighted by Gasteiger charge is -2.06. The highest BCUT2D eigenvalue weighted by molar-refractivity contribution is 9.10. The Balaban J connectivity index is 3.28. The molecule has 0 aliphatic heterocycles. The minimum atomic E-state index is -0.669. The summed E-state index contributed by atoms with van der Waals surface area (Å²) in [5, 5.41) is 19.8. The third kappa shape index (κ3) is 3.05. The first-order valence-corrected chi connectivity index (χ1v) is 5.82. The summed E-state index contributed by atoms with van der Waals surface area (Å²) < 4.78 is 5.15. The smallest absolute Gasteiger partial charge is 0.310 e. The molecule has 0 aliphatic carbocycles. The molecule has 0 aliphatic rings. The second-order valence-corrected chi connectivity index (χ2v) is 4.13. The van der Waals surface area contributed by atoms with Crippen LogP contribution in [-0.4, -0.2) is 17.5 Å². The standard InChI is InChI=1S/C11H9BrN2O4/c1-2-18-10(15)5-8-9(12)4-3-7(6-13)11(8)14(16)17/h3-4H,2,5H2,1H3. The molecule has 0 aromatic heterocycles. The van der Waals surface area contributed by atoms with Gasteiger partial charge in [0.25, 0.3) is 5.69 Å². The van der Waals surface area contributed by atoms with E-state index in [0.29, 0.717) is 4.47 Å². The van der Waals surface area contributed by atoms with Crippen molar-refractivity contribution in [3.05, 3.63) is 37.8 Å². The van der Waals surface area contributed by atoms with E-state index in [1.165, 1.54) is 12.1 Å². The summed E-state index contributed by atoms with van der Waals surface area (Å²) in [7, 11) is 0. The van der Waals surface area contributed by atoms with Gasteiger partial charge in [-0.15, -0.1) is 0 Å². The van der Waals surface area contributed by atoms with Crippen molar-refractivity contribution in [2.24, 2.45) is 0 Å². The zero-order valence-corrected chi connectivity index (χ0v) is 11.1. The van der Waals surface area contributed by atoms with Gasteiger partial charge >= 0.3 is 5.97 Å². The first-order chi connectivity index (χ1) is 8.51. The summed E-state index contributed by atoms with van der Waals surface area (Å²) in [4.78, 5) is 21.7. The molecule has 0 amide bonds. The number of nitriles is 1. The fraction of sp³-hybridized carbons (Fsp3) is 0.273. The van der Waals surface area contributed by atoms with Crippen LogP contribution < -0.4 is 0 Å². The zero-order valence-electron chi connectivity index (χ0n) is 9.47. The monoisotopic (exact) mass is 312 g/mol. The molecule has 0 saturated heterocycles. The van der Waals surface area contributed by atoms with Crippen molar-refractivity contribution in [3.63, 3.8) is 0 Å². The Kier molecular flexibility index (Phi) is 4.80. The predicted octanol–water partition coefficient (Wildman–Crippen LogP) is 2.33. The van der Waals surface area contributed by atoms with E-state index < -0.39 is 10.9 Å². The number of esters is 1. The molecule has 0 spiro atoms. The number of carbonyl (C=O) groups is 1. The Morgan fingerprint density at radius 3 is 2.78 bits per heavy atom. The molecule has 0 saturated carbocycles. The Labute approximate surface area is 111 Å². The summed E-state index contributed by atoms with van der Waals surface area (Å²) in [5.74, 6) is -0.573. The highest BCUT2D eigenvalue weighted by Gasteiger charge is 2.24. The normalized spacial score (nSPS) is 9.61. The van der Waals surface area contributed by atoms with Crippen LogP contribution in [0.5, 0.6) is 0 Å². The topological polar surface area (TPSA) is 93.2 Å². The number of benzene rings is 1. The number of hydrogen-bond acceptors (Lipinski definition) is 5. The van der Waals surface area contributed by atoms with Gasteiger partial charge in [0.1, 0.15) is 11.6 Å². The van der Waals surface area contributed by atoms with Gasteiger partial charge in [-0.2, -0.15) is 5.26 Å². The molecular formula is C11H9BrN2O4. The van der Waals surface area contributed by atoms with E-state index >= 15 is 0 Å². The van der Waals surface area contributed by atoms with Crippen molar-refractivity contribution >= 4 is 27.6 Å². The van der Waals surface area contributed by atoms with Crippen LogP contribution in [0.4, 0.5) is 5.69 Å². The molecule has 6 nitrogen and oxygen atoms in total. The van der Waals surface area contributed by atoms with Gasteiger partial charge in [-0.25, -0.2) is 0 Å². The first-order valence-electron chi connectivity index (χ1n) is 5.02. The lowest BCUT2D eigenvalue weighted by molar-refractivity contribution is -0.385. The molecule has 18 heavy (non-hydrogen) atoms. The predicted molar refractivity (Wildman–Crippen MR) is 65.8 cm³/mol. The number of nitrogens with zero attached hydrogens (tertiary/aromatic N) is 2. The van der Waals surface area contributed by atoms with E-state index in [2.05, 4.69) is 15.9 Å². The third-order valence-electron chi connectivity index (χ3n) is 2.16. The van der Waals surface area contributed by atoms with Crippen LogP contribution >= 0.6 is 15.9 Å². The molecule has 0 heterocycles. The summed E-state index contributed by atoms with van der Waals surface area (Å²) in [6, 6.07) is 4.57. The average molecular weight is 313 g/mol. The SMILES string of the molecule is CCOC(=O)Cc1c(Br)ccc(C#N)c1[N+](=O)[O-]. The molecule has 0 N–H and O–H groups in total. The summed E-state index contributed by atoms with van der Waals surface area (Å²) in [6.45, 7) is 1.84. The lowest BCUT2D eigenvalue weighted by Crippen LogP contribution is -2.10. The molecule has 0 fully saturated rings. The number of carbonyl (C=O) groups excluding carboxylic acids is 1. The van der Waals surface area contributed by atoms with Gasteiger partial charge in [0.05, 0.1) is 23.5 Å². The van der Waals surface area contributed by atoms with Crippen LogP contribution in [0.2, 0.25) is 0 Å². The van der Waals surface area contributed by atoms with E-state index in [1.54, 1.807) is 13.0 Å². The Bertz CT molecular complexity index is 537. The molecule has 7 heteroatoms. The molecule has 0 bridgehead atoms. The molecule has 0 radical (unpaired) electrons. The number of ether oxygens (including phenoxy) is 1. The number of rotatable bonds is 4. The van der Waals surface area contributed by atoms with Crippen molar-refractivity contribution in [2.45, 2.75) is 13.3 Å². The maximum atomic E-state index is 11.4. The van der Waals surface area contributed by atoms with E-state index in [-0.39, 0.29) is 29.8 Å². The Morgan fingerprint density at radius 2 is 2.28 bits per heavy atom. The quantitative estimate of drug-likeness (QED) is 0.483.